The SMILES string of the molecule is CCCCCCC(Cl)(N(CC)C(=O)C(CCCCCC)(P(=O)(O)O)P(=O)(O)OC)C(Cl)(Cl)Cl. The molecule has 0 aliphatic carbocycles. The van der Waals surface area contributed by atoms with Gasteiger partial charge in [0.1, 0.15) is 0 Å². The fourth-order valence-corrected chi connectivity index (χ4v) is 8.15. The standard InChI is InChI=1S/C19H37Cl4NO7P2/c1-5-8-10-12-14-17(32(26,27)28,33(29,30)31-4)16(25)24(7-3)18(20,19(21,22)23)15-13-11-9-6-2/h5-15H2,1-4H3,(H,29,30)(H2,26,27,28). The molecule has 0 aromatic rings. The van der Waals surface area contributed by atoms with E-state index in [4.69, 9.17) is 46.4 Å². The lowest BCUT2D eigenvalue weighted by molar-refractivity contribution is -0.136. The lowest BCUT2D eigenvalue weighted by Gasteiger charge is -2.47. The molecule has 0 aromatic carbocycles. The molecule has 0 bridgehead atoms. The molecule has 0 aliphatic rings. The van der Waals surface area contributed by atoms with Crippen LogP contribution in [0.3, 0.4) is 0 Å². The van der Waals surface area contributed by atoms with Crippen molar-refractivity contribution < 1.29 is 33.1 Å². The van der Waals surface area contributed by atoms with Crippen LogP contribution < -0.4 is 0 Å². The average Bonchev–Trinajstić information content (AvgIpc) is 2.69. The summed E-state index contributed by atoms with van der Waals surface area (Å²) in [5.41, 5.74) is 0. The van der Waals surface area contributed by atoms with E-state index >= 15 is 0 Å². The van der Waals surface area contributed by atoms with Crippen molar-refractivity contribution in [2.24, 2.45) is 0 Å². The predicted molar refractivity (Wildman–Crippen MR) is 135 cm³/mol. The van der Waals surface area contributed by atoms with Gasteiger partial charge in [0.25, 0.3) is 10.8 Å². The van der Waals surface area contributed by atoms with Crippen molar-refractivity contribution in [3.8, 4) is 0 Å². The Hall–Kier alpha value is 0.930. The van der Waals surface area contributed by atoms with E-state index in [9.17, 15) is 28.6 Å². The average molecular weight is 595 g/mol. The van der Waals surface area contributed by atoms with E-state index in [1.165, 1.54) is 6.92 Å². The third-order valence-corrected chi connectivity index (χ3v) is 12.4. The van der Waals surface area contributed by atoms with Gasteiger partial charge in [0.2, 0.25) is 3.79 Å². The third kappa shape index (κ3) is 7.95. The van der Waals surface area contributed by atoms with Crippen LogP contribution in [0.1, 0.15) is 85.0 Å². The zero-order valence-electron chi connectivity index (χ0n) is 19.6. The number of nitrogens with zero attached hydrogens (tertiary/aromatic N) is 1. The minimum absolute atomic E-state index is 0.0135. The van der Waals surface area contributed by atoms with Crippen molar-refractivity contribution in [3.63, 3.8) is 0 Å². The Balaban J connectivity index is 6.70. The van der Waals surface area contributed by atoms with E-state index in [0.717, 1.165) is 31.3 Å². The molecule has 0 rings (SSSR count). The van der Waals surface area contributed by atoms with E-state index in [2.05, 4.69) is 4.52 Å². The van der Waals surface area contributed by atoms with Crippen molar-refractivity contribution in [2.45, 2.75) is 98.7 Å². The Labute approximate surface area is 217 Å². The number of carbonyl (C=O) groups is 1. The van der Waals surface area contributed by atoms with Crippen LogP contribution in [0.25, 0.3) is 0 Å². The number of amides is 1. The van der Waals surface area contributed by atoms with Crippen LogP contribution in [0.4, 0.5) is 0 Å². The summed E-state index contributed by atoms with van der Waals surface area (Å²) in [4.78, 5) is 40.7. The highest BCUT2D eigenvalue weighted by Gasteiger charge is 2.69. The summed E-state index contributed by atoms with van der Waals surface area (Å²) in [6, 6.07) is 0. The summed E-state index contributed by atoms with van der Waals surface area (Å²) in [5, 5.41) is 0. The number of halogens is 4. The molecule has 198 valence electrons. The fraction of sp³-hybridized carbons (Fsp3) is 0.947. The Morgan fingerprint density at radius 1 is 0.848 bits per heavy atom. The maximum atomic E-state index is 13.9. The number of alkyl halides is 4. The summed E-state index contributed by atoms with van der Waals surface area (Å²) in [6.45, 7) is 5.17. The zero-order chi connectivity index (χ0) is 26.1. The molecule has 0 spiro atoms. The van der Waals surface area contributed by atoms with Crippen LogP contribution in [0.5, 0.6) is 0 Å². The minimum Gasteiger partial charge on any atom is -0.323 e. The van der Waals surface area contributed by atoms with Crippen LogP contribution in [0, 0.1) is 0 Å². The molecule has 0 saturated carbocycles. The van der Waals surface area contributed by atoms with Crippen LogP contribution in [-0.4, -0.2) is 52.8 Å². The molecule has 14 heteroatoms. The second-order valence-corrected chi connectivity index (χ2v) is 15.3. The molecular weight excluding hydrogens is 558 g/mol. The third-order valence-electron chi connectivity index (χ3n) is 5.70. The normalized spacial score (nSPS) is 18.3. The van der Waals surface area contributed by atoms with Gasteiger partial charge >= 0.3 is 15.2 Å². The Morgan fingerprint density at radius 2 is 1.30 bits per heavy atom. The maximum absolute atomic E-state index is 13.9. The topological polar surface area (TPSA) is 124 Å². The molecule has 0 aromatic heterocycles. The lowest BCUT2D eigenvalue weighted by atomic mass is 10.0. The highest BCUT2D eigenvalue weighted by molar-refractivity contribution is 7.74. The van der Waals surface area contributed by atoms with Crippen LogP contribution >= 0.6 is 61.6 Å². The van der Waals surface area contributed by atoms with Crippen molar-refractivity contribution in [2.75, 3.05) is 13.7 Å². The summed E-state index contributed by atoms with van der Waals surface area (Å²) in [6.07, 6.45) is 4.42. The zero-order valence-corrected chi connectivity index (χ0v) is 24.4. The second kappa shape index (κ2) is 14.0. The van der Waals surface area contributed by atoms with Crippen molar-refractivity contribution in [3.05, 3.63) is 0 Å². The van der Waals surface area contributed by atoms with Crippen molar-refractivity contribution in [1.29, 1.82) is 0 Å². The molecule has 3 unspecified atom stereocenters. The second-order valence-electron chi connectivity index (χ2n) is 7.99. The predicted octanol–water partition coefficient (Wildman–Crippen LogP) is 6.79. The summed E-state index contributed by atoms with van der Waals surface area (Å²) in [5.74, 6) is -1.38. The van der Waals surface area contributed by atoms with Crippen LogP contribution in [-0.2, 0) is 18.4 Å². The van der Waals surface area contributed by atoms with E-state index in [1.54, 1.807) is 0 Å². The van der Waals surface area contributed by atoms with Gasteiger partial charge in [-0.05, 0) is 26.2 Å². The minimum atomic E-state index is -5.59. The molecule has 3 atom stereocenters. The first-order chi connectivity index (χ1) is 15.0. The highest BCUT2D eigenvalue weighted by atomic mass is 35.6. The van der Waals surface area contributed by atoms with E-state index in [-0.39, 0.29) is 19.4 Å². The van der Waals surface area contributed by atoms with Gasteiger partial charge in [0.05, 0.1) is 0 Å². The molecule has 0 heterocycles. The molecule has 0 aliphatic heterocycles. The van der Waals surface area contributed by atoms with Gasteiger partial charge in [-0.2, -0.15) is 0 Å². The molecule has 0 fully saturated rings. The summed E-state index contributed by atoms with van der Waals surface area (Å²) >= 11 is 25.3. The van der Waals surface area contributed by atoms with E-state index < -0.39 is 41.2 Å². The molecule has 0 saturated heterocycles. The first-order valence-corrected chi connectivity index (χ1v) is 15.8. The highest BCUT2D eigenvalue weighted by Crippen LogP contribution is 2.74. The molecular formula is C19H37Cl4NO7P2. The van der Waals surface area contributed by atoms with Gasteiger partial charge in [-0.1, -0.05) is 105 Å². The fourth-order valence-electron chi connectivity index (χ4n) is 3.74. The molecule has 3 N–H and O–H groups in total. The number of rotatable bonds is 16. The first kappa shape index (κ1) is 33.9. The summed E-state index contributed by atoms with van der Waals surface area (Å²) < 4.78 is 28.2. The number of hydrogen-bond donors (Lipinski definition) is 3. The van der Waals surface area contributed by atoms with Gasteiger partial charge in [-0.3, -0.25) is 13.9 Å². The van der Waals surface area contributed by atoms with E-state index in [1.807, 2.05) is 13.8 Å². The molecule has 33 heavy (non-hydrogen) atoms. The monoisotopic (exact) mass is 593 g/mol. The van der Waals surface area contributed by atoms with Gasteiger partial charge < -0.3 is 24.1 Å². The largest absolute Gasteiger partial charge is 0.355 e. The Bertz CT molecular complexity index is 719. The van der Waals surface area contributed by atoms with E-state index in [0.29, 0.717) is 25.7 Å². The lowest BCUT2D eigenvalue weighted by Crippen LogP contribution is -2.61. The van der Waals surface area contributed by atoms with Gasteiger partial charge in [-0.25, -0.2) is 0 Å². The van der Waals surface area contributed by atoms with Gasteiger partial charge in [-0.15, -0.1) is 0 Å². The van der Waals surface area contributed by atoms with Gasteiger partial charge in [0.15, 0.2) is 5.00 Å². The van der Waals surface area contributed by atoms with Crippen LogP contribution in [0.2, 0.25) is 0 Å². The number of hydrogen-bond acceptors (Lipinski definition) is 4. The van der Waals surface area contributed by atoms with Crippen LogP contribution in [0.15, 0.2) is 0 Å². The number of carbonyl (C=O) groups excluding carboxylic acids is 1. The van der Waals surface area contributed by atoms with Crippen molar-refractivity contribution in [1.82, 2.24) is 4.90 Å². The molecule has 1 amide bonds. The smallest absolute Gasteiger partial charge is 0.323 e. The van der Waals surface area contributed by atoms with Crippen molar-refractivity contribution >= 4 is 67.5 Å². The quantitative estimate of drug-likeness (QED) is 0.0777. The first-order valence-electron chi connectivity index (χ1n) is 11.1. The molecule has 8 nitrogen and oxygen atoms in total. The Morgan fingerprint density at radius 3 is 1.64 bits per heavy atom. The van der Waals surface area contributed by atoms with Gasteiger partial charge in [0, 0.05) is 13.7 Å². The Kier molecular flexibility index (Phi) is 14.4. The maximum Gasteiger partial charge on any atom is 0.355 e. The molecule has 0 radical (unpaired) electrons. The number of unbranched alkanes of at least 4 members (excludes halogenated alkanes) is 6. The summed E-state index contributed by atoms with van der Waals surface area (Å²) in [7, 11) is -9.99.